The predicted molar refractivity (Wildman–Crippen MR) is 124 cm³/mol. The Bertz CT molecular complexity index is 1180. The summed E-state index contributed by atoms with van der Waals surface area (Å²) in [5, 5.41) is 3.00. The van der Waals surface area contributed by atoms with Crippen molar-refractivity contribution in [1.29, 1.82) is 0 Å². The van der Waals surface area contributed by atoms with Gasteiger partial charge in [0.1, 0.15) is 17.1 Å². The standard InChI is InChI=1S/C27H28N2O5/c1-14(2)16-6-8-17(9-7-16)28-25(31)22-21-10-11-27(34-21)23(22)26(32)29-18(20-5-4-12-33-20)13-19(30)15(3)24(27)29/h4-12,14-15,18,21-24H,13H2,1-3H3,(H,28,31)/t15-,18+,21-,22-,23+,24+,27+/m1/s1. The van der Waals surface area contributed by atoms with Gasteiger partial charge in [0.25, 0.3) is 0 Å². The molecule has 176 valence electrons. The van der Waals surface area contributed by atoms with Gasteiger partial charge in [-0.15, -0.1) is 0 Å². The zero-order valence-corrected chi connectivity index (χ0v) is 19.4. The number of ether oxygens (including phenoxy) is 1. The second-order valence-corrected chi connectivity index (χ2v) is 10.2. The van der Waals surface area contributed by atoms with Crippen LogP contribution in [-0.4, -0.2) is 40.2 Å². The van der Waals surface area contributed by atoms with Crippen molar-refractivity contribution in [3.05, 3.63) is 66.1 Å². The Morgan fingerprint density at radius 1 is 1.18 bits per heavy atom. The minimum Gasteiger partial charge on any atom is -0.467 e. The summed E-state index contributed by atoms with van der Waals surface area (Å²) in [6, 6.07) is 10.4. The number of furan rings is 1. The molecule has 3 saturated heterocycles. The van der Waals surface area contributed by atoms with Crippen molar-refractivity contribution >= 4 is 23.3 Å². The smallest absolute Gasteiger partial charge is 0.231 e. The van der Waals surface area contributed by atoms with E-state index >= 15 is 0 Å². The molecule has 0 radical (unpaired) electrons. The molecule has 3 fully saturated rings. The number of nitrogens with zero attached hydrogens (tertiary/aromatic N) is 1. The Kier molecular flexibility index (Phi) is 4.65. The van der Waals surface area contributed by atoms with Crippen molar-refractivity contribution in [1.82, 2.24) is 4.90 Å². The van der Waals surface area contributed by atoms with Gasteiger partial charge in [-0.3, -0.25) is 14.4 Å². The average molecular weight is 461 g/mol. The predicted octanol–water partition coefficient (Wildman–Crippen LogP) is 3.84. The second kappa shape index (κ2) is 7.40. The molecule has 1 N–H and O–H groups in total. The third-order valence-electron chi connectivity index (χ3n) is 8.10. The maximum atomic E-state index is 13.9. The molecular formula is C27H28N2O5. The third-order valence-corrected chi connectivity index (χ3v) is 8.10. The van der Waals surface area contributed by atoms with Crippen molar-refractivity contribution in [2.75, 3.05) is 5.32 Å². The number of piperidine rings is 1. The fraction of sp³-hybridized carbons (Fsp3) is 0.444. The molecule has 2 aromatic rings. The number of fused-ring (bicyclic) bond motifs is 2. The van der Waals surface area contributed by atoms with Crippen LogP contribution >= 0.6 is 0 Å². The van der Waals surface area contributed by atoms with Gasteiger partial charge in [-0.2, -0.15) is 0 Å². The highest BCUT2D eigenvalue weighted by atomic mass is 16.5. The number of nitrogens with one attached hydrogen (secondary N) is 1. The van der Waals surface area contributed by atoms with Crippen LogP contribution in [0.15, 0.2) is 59.2 Å². The molecule has 2 amide bonds. The van der Waals surface area contributed by atoms with Crippen LogP contribution in [0.3, 0.4) is 0 Å². The molecule has 1 aromatic heterocycles. The maximum absolute atomic E-state index is 13.9. The van der Waals surface area contributed by atoms with E-state index < -0.39 is 41.5 Å². The summed E-state index contributed by atoms with van der Waals surface area (Å²) in [6.45, 7) is 6.10. The van der Waals surface area contributed by atoms with Gasteiger partial charge in [0, 0.05) is 18.0 Å². The summed E-state index contributed by atoms with van der Waals surface area (Å²) < 4.78 is 12.0. The van der Waals surface area contributed by atoms with Crippen molar-refractivity contribution in [3.8, 4) is 0 Å². The molecule has 0 unspecified atom stereocenters. The molecule has 1 aromatic carbocycles. The number of amides is 2. The van der Waals surface area contributed by atoms with Gasteiger partial charge in [0.2, 0.25) is 11.8 Å². The van der Waals surface area contributed by atoms with Crippen LogP contribution in [-0.2, 0) is 19.1 Å². The maximum Gasteiger partial charge on any atom is 0.231 e. The van der Waals surface area contributed by atoms with E-state index in [0.29, 0.717) is 17.4 Å². The van der Waals surface area contributed by atoms with E-state index in [1.807, 2.05) is 43.3 Å². The number of ketones is 1. The molecule has 5 heterocycles. The minimum atomic E-state index is -0.981. The Hall–Kier alpha value is -3.19. The van der Waals surface area contributed by atoms with Gasteiger partial charge in [-0.05, 0) is 35.7 Å². The number of benzene rings is 1. The van der Waals surface area contributed by atoms with E-state index in [1.54, 1.807) is 23.3 Å². The van der Waals surface area contributed by atoms with Crippen LogP contribution < -0.4 is 5.32 Å². The van der Waals surface area contributed by atoms with Crippen LogP contribution in [0.25, 0.3) is 0 Å². The van der Waals surface area contributed by atoms with Gasteiger partial charge < -0.3 is 19.4 Å². The zero-order chi connectivity index (χ0) is 23.8. The first-order valence-corrected chi connectivity index (χ1v) is 12.0. The van der Waals surface area contributed by atoms with Crippen LogP contribution in [0.5, 0.6) is 0 Å². The lowest BCUT2D eigenvalue weighted by molar-refractivity contribution is -0.147. The highest BCUT2D eigenvalue weighted by Gasteiger charge is 2.74. The SMILES string of the molecule is CC(C)c1ccc(NC(=O)[C@H]2[C@H]3C(=O)N4[C@@H]([C@H](C)C(=O)C[C@H]4c4ccco4)[C@]34C=C[C@H]2O4)cc1. The van der Waals surface area contributed by atoms with Gasteiger partial charge in [0.05, 0.1) is 36.3 Å². The van der Waals surface area contributed by atoms with E-state index in [2.05, 4.69) is 19.2 Å². The zero-order valence-electron chi connectivity index (χ0n) is 19.4. The molecular weight excluding hydrogens is 432 g/mol. The van der Waals surface area contributed by atoms with Crippen LogP contribution in [0, 0.1) is 17.8 Å². The van der Waals surface area contributed by atoms with Crippen LogP contribution in [0.4, 0.5) is 5.69 Å². The Morgan fingerprint density at radius 2 is 1.94 bits per heavy atom. The monoisotopic (exact) mass is 460 g/mol. The number of hydrogen-bond acceptors (Lipinski definition) is 5. The van der Waals surface area contributed by atoms with Crippen molar-refractivity contribution in [2.24, 2.45) is 17.8 Å². The lowest BCUT2D eigenvalue weighted by Crippen LogP contribution is -2.55. The fourth-order valence-corrected chi connectivity index (χ4v) is 6.44. The molecule has 7 heteroatoms. The van der Waals surface area contributed by atoms with E-state index in [-0.39, 0.29) is 24.0 Å². The summed E-state index contributed by atoms with van der Waals surface area (Å²) >= 11 is 0. The molecule has 6 rings (SSSR count). The number of Topliss-reactive ketones (excluding diaryl/α,β-unsaturated/α-hetero) is 1. The molecule has 1 spiro atoms. The molecule has 7 nitrogen and oxygen atoms in total. The van der Waals surface area contributed by atoms with Crippen molar-refractivity contribution < 1.29 is 23.5 Å². The van der Waals surface area contributed by atoms with Gasteiger partial charge >= 0.3 is 0 Å². The Balaban J connectivity index is 1.34. The molecule has 2 bridgehead atoms. The summed E-state index contributed by atoms with van der Waals surface area (Å²) in [4.78, 5) is 42.2. The number of hydrogen-bond donors (Lipinski definition) is 1. The normalized spacial score (nSPS) is 35.7. The summed E-state index contributed by atoms with van der Waals surface area (Å²) in [6.07, 6.45) is 5.06. The average Bonchev–Trinajstić information content (AvgIpc) is 3.59. The topological polar surface area (TPSA) is 88.9 Å². The van der Waals surface area contributed by atoms with E-state index in [0.717, 1.165) is 0 Å². The highest BCUT2D eigenvalue weighted by Crippen LogP contribution is 2.60. The van der Waals surface area contributed by atoms with Gasteiger partial charge in [-0.25, -0.2) is 0 Å². The largest absolute Gasteiger partial charge is 0.467 e. The van der Waals surface area contributed by atoms with Crippen molar-refractivity contribution in [3.63, 3.8) is 0 Å². The number of rotatable bonds is 4. The first kappa shape index (κ1) is 21.4. The molecule has 0 aliphatic carbocycles. The first-order chi connectivity index (χ1) is 16.3. The van der Waals surface area contributed by atoms with E-state index in [4.69, 9.17) is 9.15 Å². The Labute approximate surface area is 198 Å². The van der Waals surface area contributed by atoms with Gasteiger partial charge in [-0.1, -0.05) is 45.1 Å². The minimum absolute atomic E-state index is 0.0732. The van der Waals surface area contributed by atoms with E-state index in [1.165, 1.54) is 5.56 Å². The molecule has 4 aliphatic heterocycles. The van der Waals surface area contributed by atoms with Crippen LogP contribution in [0.1, 0.15) is 50.5 Å². The number of carbonyl (C=O) groups excluding carboxylic acids is 3. The summed E-state index contributed by atoms with van der Waals surface area (Å²) in [7, 11) is 0. The first-order valence-electron chi connectivity index (χ1n) is 12.0. The number of carbonyl (C=O) groups is 3. The Morgan fingerprint density at radius 3 is 2.62 bits per heavy atom. The van der Waals surface area contributed by atoms with Gasteiger partial charge in [0.15, 0.2) is 0 Å². The molecule has 7 atom stereocenters. The van der Waals surface area contributed by atoms with Crippen molar-refractivity contribution in [2.45, 2.75) is 56.9 Å². The highest BCUT2D eigenvalue weighted by molar-refractivity contribution is 6.00. The molecule has 0 saturated carbocycles. The third kappa shape index (κ3) is 2.83. The lowest BCUT2D eigenvalue weighted by Gasteiger charge is -2.43. The summed E-state index contributed by atoms with van der Waals surface area (Å²) in [5.74, 6) is -1.05. The van der Waals surface area contributed by atoms with E-state index in [9.17, 15) is 14.4 Å². The quantitative estimate of drug-likeness (QED) is 0.701. The number of anilines is 1. The van der Waals surface area contributed by atoms with Crippen LogP contribution in [0.2, 0.25) is 0 Å². The lowest BCUT2D eigenvalue weighted by atomic mass is 9.70. The second-order valence-electron chi connectivity index (χ2n) is 10.2. The molecule has 4 aliphatic rings. The summed E-state index contributed by atoms with van der Waals surface area (Å²) in [5.41, 5.74) is 0.898. The fourth-order valence-electron chi connectivity index (χ4n) is 6.44. The molecule has 34 heavy (non-hydrogen) atoms.